The number of hydrogen-bond acceptors (Lipinski definition) is 4. The first-order valence-corrected chi connectivity index (χ1v) is 11.4. The lowest BCUT2D eigenvalue weighted by molar-refractivity contribution is 0.0698. The SMILES string of the molecule is Cc1cc([C@@H](C)Nc2ccccc2C(=O)O)c2cc(-c3ccnc(C4CC4)c3)c(C)nc2c1. The van der Waals surface area contributed by atoms with Gasteiger partial charge in [0.2, 0.25) is 0 Å². The molecule has 5 nitrogen and oxygen atoms in total. The summed E-state index contributed by atoms with van der Waals surface area (Å²) in [5.74, 6) is -0.349. The third-order valence-electron chi connectivity index (χ3n) is 6.38. The van der Waals surface area contributed by atoms with Crippen molar-refractivity contribution in [2.45, 2.75) is 45.6 Å². The lowest BCUT2D eigenvalue weighted by atomic mass is 9.95. The number of aromatic nitrogens is 2. The third-order valence-corrected chi connectivity index (χ3v) is 6.38. The molecule has 1 aliphatic carbocycles. The van der Waals surface area contributed by atoms with Crippen LogP contribution in [0.1, 0.15) is 64.6 Å². The first kappa shape index (κ1) is 21.1. The van der Waals surface area contributed by atoms with Crippen molar-refractivity contribution in [2.24, 2.45) is 0 Å². The summed E-state index contributed by atoms with van der Waals surface area (Å²) in [6.45, 7) is 6.18. The molecular weight excluding hydrogens is 410 g/mol. The molecule has 0 radical (unpaired) electrons. The number of rotatable bonds is 6. The zero-order valence-corrected chi connectivity index (χ0v) is 19.1. The number of anilines is 1. The van der Waals surface area contributed by atoms with Crippen LogP contribution in [-0.4, -0.2) is 21.0 Å². The highest BCUT2D eigenvalue weighted by atomic mass is 16.4. The highest BCUT2D eigenvalue weighted by molar-refractivity contribution is 5.94. The summed E-state index contributed by atoms with van der Waals surface area (Å²) in [4.78, 5) is 21.2. The molecule has 1 fully saturated rings. The quantitative estimate of drug-likeness (QED) is 0.353. The summed E-state index contributed by atoms with van der Waals surface area (Å²) in [5, 5.41) is 14.1. The van der Waals surface area contributed by atoms with E-state index in [1.165, 1.54) is 12.8 Å². The minimum atomic E-state index is -0.942. The number of nitrogens with one attached hydrogen (secondary N) is 1. The molecule has 2 aromatic carbocycles. The van der Waals surface area contributed by atoms with Gasteiger partial charge in [0.25, 0.3) is 0 Å². The second kappa shape index (κ2) is 8.32. The Hall–Kier alpha value is -3.73. The summed E-state index contributed by atoms with van der Waals surface area (Å²) in [7, 11) is 0. The van der Waals surface area contributed by atoms with Gasteiger partial charge in [-0.25, -0.2) is 4.79 Å². The van der Waals surface area contributed by atoms with Gasteiger partial charge >= 0.3 is 5.97 Å². The van der Waals surface area contributed by atoms with E-state index in [0.29, 0.717) is 11.6 Å². The van der Waals surface area contributed by atoms with Gasteiger partial charge in [0.05, 0.1) is 11.1 Å². The van der Waals surface area contributed by atoms with E-state index >= 15 is 0 Å². The first-order chi connectivity index (χ1) is 15.9. The van der Waals surface area contributed by atoms with Crippen LogP contribution in [0.5, 0.6) is 0 Å². The molecular formula is C28H27N3O2. The molecule has 0 spiro atoms. The van der Waals surface area contributed by atoms with Crippen molar-refractivity contribution in [3.8, 4) is 11.1 Å². The van der Waals surface area contributed by atoms with E-state index in [0.717, 1.165) is 44.5 Å². The highest BCUT2D eigenvalue weighted by Crippen LogP contribution is 2.40. The van der Waals surface area contributed by atoms with Crippen LogP contribution >= 0.6 is 0 Å². The normalized spacial score (nSPS) is 14.3. The fourth-order valence-electron chi connectivity index (χ4n) is 4.52. The molecule has 0 aliphatic heterocycles. The van der Waals surface area contributed by atoms with E-state index in [9.17, 15) is 9.90 Å². The molecule has 5 rings (SSSR count). The molecule has 33 heavy (non-hydrogen) atoms. The Bertz CT molecular complexity index is 1380. The van der Waals surface area contributed by atoms with E-state index in [2.05, 4.69) is 61.4 Å². The van der Waals surface area contributed by atoms with Crippen molar-refractivity contribution in [1.82, 2.24) is 9.97 Å². The molecule has 0 unspecified atom stereocenters. The largest absolute Gasteiger partial charge is 0.478 e. The third kappa shape index (κ3) is 4.19. The maximum absolute atomic E-state index is 11.7. The van der Waals surface area contributed by atoms with Crippen LogP contribution in [0.15, 0.2) is 60.8 Å². The Kier molecular flexibility index (Phi) is 5.33. The summed E-state index contributed by atoms with van der Waals surface area (Å²) >= 11 is 0. The number of aryl methyl sites for hydroxylation is 2. The number of hydrogen-bond donors (Lipinski definition) is 2. The first-order valence-electron chi connectivity index (χ1n) is 11.4. The minimum absolute atomic E-state index is 0.107. The van der Waals surface area contributed by atoms with E-state index < -0.39 is 5.97 Å². The van der Waals surface area contributed by atoms with E-state index in [4.69, 9.17) is 4.98 Å². The number of para-hydroxylation sites is 1. The summed E-state index contributed by atoms with van der Waals surface area (Å²) in [6.07, 6.45) is 4.33. The van der Waals surface area contributed by atoms with Gasteiger partial charge in [-0.3, -0.25) is 9.97 Å². The van der Waals surface area contributed by atoms with Gasteiger partial charge in [0, 0.05) is 46.2 Å². The van der Waals surface area contributed by atoms with Crippen molar-refractivity contribution in [3.05, 3.63) is 88.9 Å². The van der Waals surface area contributed by atoms with Crippen molar-refractivity contribution in [1.29, 1.82) is 0 Å². The van der Waals surface area contributed by atoms with Crippen molar-refractivity contribution < 1.29 is 9.90 Å². The molecule has 166 valence electrons. The maximum Gasteiger partial charge on any atom is 0.337 e. The number of carbonyl (C=O) groups is 1. The fourth-order valence-corrected chi connectivity index (χ4v) is 4.52. The number of nitrogens with zero attached hydrogens (tertiary/aromatic N) is 2. The zero-order chi connectivity index (χ0) is 23.1. The molecule has 1 atom stereocenters. The molecule has 0 saturated heterocycles. The average molecular weight is 438 g/mol. The Labute approximate surface area is 193 Å². The second-order valence-corrected chi connectivity index (χ2v) is 9.00. The maximum atomic E-state index is 11.7. The predicted molar refractivity (Wildman–Crippen MR) is 132 cm³/mol. The van der Waals surface area contributed by atoms with E-state index in [1.54, 1.807) is 12.1 Å². The van der Waals surface area contributed by atoms with Crippen LogP contribution in [0.2, 0.25) is 0 Å². The molecule has 0 bridgehead atoms. The monoisotopic (exact) mass is 437 g/mol. The van der Waals surface area contributed by atoms with Crippen molar-refractivity contribution in [2.75, 3.05) is 5.32 Å². The number of aromatic carboxylic acids is 1. The van der Waals surface area contributed by atoms with Gasteiger partial charge in [0.15, 0.2) is 0 Å². The van der Waals surface area contributed by atoms with Gasteiger partial charge in [-0.15, -0.1) is 0 Å². The Morgan fingerprint density at radius 3 is 2.64 bits per heavy atom. The summed E-state index contributed by atoms with van der Waals surface area (Å²) in [6, 6.07) is 17.7. The van der Waals surface area contributed by atoms with Gasteiger partial charge in [-0.1, -0.05) is 18.2 Å². The molecule has 1 aliphatic rings. The fraction of sp³-hybridized carbons (Fsp3) is 0.250. The minimum Gasteiger partial charge on any atom is -0.478 e. The van der Waals surface area contributed by atoms with Gasteiger partial charge in [0.1, 0.15) is 0 Å². The van der Waals surface area contributed by atoms with Crippen LogP contribution in [0, 0.1) is 13.8 Å². The van der Waals surface area contributed by atoms with E-state index in [1.807, 2.05) is 18.3 Å². The van der Waals surface area contributed by atoms with Crippen LogP contribution in [-0.2, 0) is 0 Å². The molecule has 2 aromatic heterocycles. The Balaban J connectivity index is 1.60. The Morgan fingerprint density at radius 1 is 1.09 bits per heavy atom. The smallest absolute Gasteiger partial charge is 0.337 e. The molecule has 2 N–H and O–H groups in total. The highest BCUT2D eigenvalue weighted by Gasteiger charge is 2.25. The van der Waals surface area contributed by atoms with Crippen LogP contribution < -0.4 is 5.32 Å². The molecule has 5 heteroatoms. The summed E-state index contributed by atoms with van der Waals surface area (Å²) in [5.41, 5.74) is 8.43. The van der Waals surface area contributed by atoms with Gasteiger partial charge in [-0.05, 0) is 86.7 Å². The number of carboxylic acid groups (broad SMARTS) is 1. The predicted octanol–water partition coefficient (Wildman–Crippen LogP) is 6.66. The number of carboxylic acids is 1. The summed E-state index contributed by atoms with van der Waals surface area (Å²) < 4.78 is 0. The van der Waals surface area contributed by atoms with Crippen molar-refractivity contribution >= 4 is 22.6 Å². The number of benzene rings is 2. The molecule has 1 saturated carbocycles. The molecule has 4 aromatic rings. The zero-order valence-electron chi connectivity index (χ0n) is 19.1. The topological polar surface area (TPSA) is 75.1 Å². The number of pyridine rings is 2. The lowest BCUT2D eigenvalue weighted by Crippen LogP contribution is -2.11. The molecule has 2 heterocycles. The van der Waals surface area contributed by atoms with Gasteiger partial charge < -0.3 is 10.4 Å². The standard InChI is InChI=1S/C28H27N3O2/c1-16-12-23(18(3)30-25-7-5-4-6-21(25)28(32)33)24-15-22(17(2)31-27(24)13-16)20-10-11-29-26(14-20)19-8-9-19/h4-7,10-15,18-19,30H,8-9H2,1-3H3,(H,32,33)/t18-/m1/s1. The average Bonchev–Trinajstić information content (AvgIpc) is 3.64. The van der Waals surface area contributed by atoms with Gasteiger partial charge in [-0.2, -0.15) is 0 Å². The lowest BCUT2D eigenvalue weighted by Gasteiger charge is -2.20. The van der Waals surface area contributed by atoms with E-state index in [-0.39, 0.29) is 11.6 Å². The number of fused-ring (bicyclic) bond motifs is 1. The van der Waals surface area contributed by atoms with Crippen LogP contribution in [0.25, 0.3) is 22.0 Å². The van der Waals surface area contributed by atoms with Crippen molar-refractivity contribution in [3.63, 3.8) is 0 Å². The molecule has 0 amide bonds. The van der Waals surface area contributed by atoms with Crippen LogP contribution in [0.3, 0.4) is 0 Å². The second-order valence-electron chi connectivity index (χ2n) is 9.00. The Morgan fingerprint density at radius 2 is 1.88 bits per heavy atom. The van der Waals surface area contributed by atoms with Crippen LogP contribution in [0.4, 0.5) is 5.69 Å².